The fraction of sp³-hybridized carbons (Fsp3) is 0.650. The molecule has 0 atom stereocenters. The minimum atomic E-state index is -0.263. The maximum absolute atomic E-state index is 12.6. The number of methoxy groups -OCH3 is 2. The maximum atomic E-state index is 12.6. The minimum absolute atomic E-state index is 0.0402. The zero-order chi connectivity index (χ0) is 18.6. The lowest BCUT2D eigenvalue weighted by molar-refractivity contribution is -0.134. The van der Waals surface area contributed by atoms with E-state index in [0.717, 1.165) is 43.4 Å². The summed E-state index contributed by atoms with van der Waals surface area (Å²) in [4.78, 5) is 12.6. The Labute approximate surface area is 160 Å². The monoisotopic (exact) mass is 381 g/mol. The number of hydrogen-bond acceptors (Lipinski definition) is 4. The molecule has 1 aliphatic heterocycles. The third-order valence-electron chi connectivity index (χ3n) is 5.99. The number of carbonyl (C=O) groups is 1. The van der Waals surface area contributed by atoms with Crippen LogP contribution >= 0.6 is 11.6 Å². The van der Waals surface area contributed by atoms with E-state index in [2.05, 4.69) is 5.32 Å². The smallest absolute Gasteiger partial charge is 0.222 e. The fourth-order valence-corrected chi connectivity index (χ4v) is 4.22. The van der Waals surface area contributed by atoms with Crippen LogP contribution in [0.15, 0.2) is 18.2 Å². The predicted molar refractivity (Wildman–Crippen MR) is 101 cm³/mol. The number of nitrogens with one attached hydrogen (secondary N) is 1. The first kappa shape index (κ1) is 19.5. The van der Waals surface area contributed by atoms with Gasteiger partial charge in [0.1, 0.15) is 5.75 Å². The zero-order valence-corrected chi connectivity index (χ0v) is 16.4. The largest absolute Gasteiger partial charge is 0.496 e. The summed E-state index contributed by atoms with van der Waals surface area (Å²) in [5, 5.41) is 3.82. The van der Waals surface area contributed by atoms with Gasteiger partial charge in [-0.05, 0) is 50.3 Å². The van der Waals surface area contributed by atoms with E-state index >= 15 is 0 Å². The average molecular weight is 382 g/mol. The SMILES string of the molecule is COc1ccc(Cl)cc1C1(CNC(=O)CC2(OC)CCC2)CCOCC1. The highest BCUT2D eigenvalue weighted by Crippen LogP contribution is 2.41. The third kappa shape index (κ3) is 4.00. The Morgan fingerprint density at radius 1 is 1.23 bits per heavy atom. The molecule has 1 saturated heterocycles. The average Bonchev–Trinajstić information content (AvgIpc) is 2.64. The highest BCUT2D eigenvalue weighted by atomic mass is 35.5. The Balaban J connectivity index is 1.76. The van der Waals surface area contributed by atoms with Gasteiger partial charge >= 0.3 is 0 Å². The zero-order valence-electron chi connectivity index (χ0n) is 15.6. The molecule has 1 amide bonds. The Morgan fingerprint density at radius 3 is 2.54 bits per heavy atom. The standard InChI is InChI=1S/C20H28ClNO4/c1-24-17-5-4-15(21)12-16(17)19(8-10-26-11-9-19)14-22-18(23)13-20(25-2)6-3-7-20/h4-5,12H,3,6-11,13-14H2,1-2H3,(H,22,23). The number of rotatable bonds is 7. The van der Waals surface area contributed by atoms with Crippen molar-refractivity contribution in [3.8, 4) is 5.75 Å². The van der Waals surface area contributed by atoms with Crippen molar-refractivity contribution in [2.75, 3.05) is 34.0 Å². The van der Waals surface area contributed by atoms with Crippen molar-refractivity contribution in [2.45, 2.75) is 49.5 Å². The summed E-state index contributed by atoms with van der Waals surface area (Å²) < 4.78 is 16.7. The lowest BCUT2D eigenvalue weighted by Crippen LogP contribution is -2.48. The molecule has 5 nitrogen and oxygen atoms in total. The van der Waals surface area contributed by atoms with Gasteiger partial charge in [0, 0.05) is 42.9 Å². The van der Waals surface area contributed by atoms with Gasteiger partial charge in [-0.15, -0.1) is 0 Å². The van der Waals surface area contributed by atoms with Crippen LogP contribution in [0.1, 0.15) is 44.1 Å². The molecule has 144 valence electrons. The second kappa shape index (κ2) is 8.15. The molecule has 0 bridgehead atoms. The molecule has 1 N–H and O–H groups in total. The van der Waals surface area contributed by atoms with Crippen LogP contribution in [0.3, 0.4) is 0 Å². The lowest BCUT2D eigenvalue weighted by atomic mass is 9.73. The highest BCUT2D eigenvalue weighted by molar-refractivity contribution is 6.30. The molecular weight excluding hydrogens is 354 g/mol. The van der Waals surface area contributed by atoms with E-state index in [0.29, 0.717) is 31.2 Å². The maximum Gasteiger partial charge on any atom is 0.222 e. The van der Waals surface area contributed by atoms with E-state index in [1.807, 2.05) is 18.2 Å². The second-order valence-electron chi connectivity index (χ2n) is 7.43. The molecule has 0 unspecified atom stereocenters. The van der Waals surface area contributed by atoms with Crippen LogP contribution in [0.4, 0.5) is 0 Å². The van der Waals surface area contributed by atoms with Gasteiger partial charge in [-0.2, -0.15) is 0 Å². The molecule has 1 aromatic rings. The van der Waals surface area contributed by atoms with Crippen molar-refractivity contribution in [2.24, 2.45) is 0 Å². The second-order valence-corrected chi connectivity index (χ2v) is 7.87. The topological polar surface area (TPSA) is 56.8 Å². The summed E-state index contributed by atoms with van der Waals surface area (Å²) in [7, 11) is 3.36. The van der Waals surface area contributed by atoms with Gasteiger partial charge in [0.15, 0.2) is 0 Å². The highest BCUT2D eigenvalue weighted by Gasteiger charge is 2.41. The van der Waals surface area contributed by atoms with Crippen LogP contribution in [0.2, 0.25) is 5.02 Å². The fourth-order valence-electron chi connectivity index (χ4n) is 4.05. The molecule has 1 aliphatic carbocycles. The van der Waals surface area contributed by atoms with Crippen LogP contribution in [0, 0.1) is 0 Å². The number of amides is 1. The summed E-state index contributed by atoms with van der Waals surface area (Å²) in [5.74, 6) is 0.844. The molecule has 3 rings (SSSR count). The van der Waals surface area contributed by atoms with Crippen molar-refractivity contribution in [1.29, 1.82) is 0 Å². The molecule has 0 aromatic heterocycles. The van der Waals surface area contributed by atoms with E-state index in [1.54, 1.807) is 14.2 Å². The van der Waals surface area contributed by atoms with Gasteiger partial charge in [-0.3, -0.25) is 4.79 Å². The predicted octanol–water partition coefficient (Wildman–Crippen LogP) is 3.47. The molecule has 2 fully saturated rings. The van der Waals surface area contributed by atoms with E-state index in [4.69, 9.17) is 25.8 Å². The third-order valence-corrected chi connectivity index (χ3v) is 6.22. The number of halogens is 1. The van der Waals surface area contributed by atoms with Crippen molar-refractivity contribution < 1.29 is 19.0 Å². The molecule has 1 saturated carbocycles. The van der Waals surface area contributed by atoms with Gasteiger partial charge in [0.2, 0.25) is 5.91 Å². The molecule has 6 heteroatoms. The molecule has 26 heavy (non-hydrogen) atoms. The Kier molecular flexibility index (Phi) is 6.10. The van der Waals surface area contributed by atoms with Crippen LogP contribution in [-0.4, -0.2) is 45.5 Å². The number of hydrogen-bond donors (Lipinski definition) is 1. The van der Waals surface area contributed by atoms with Gasteiger partial charge < -0.3 is 19.5 Å². The summed E-state index contributed by atoms with van der Waals surface area (Å²) in [6.07, 6.45) is 5.10. The van der Waals surface area contributed by atoms with Gasteiger partial charge in [-0.1, -0.05) is 11.6 Å². The lowest BCUT2D eigenvalue weighted by Gasteiger charge is -2.41. The normalized spacial score (nSPS) is 20.9. The first-order chi connectivity index (χ1) is 12.5. The van der Waals surface area contributed by atoms with E-state index in [-0.39, 0.29) is 16.9 Å². The molecule has 0 radical (unpaired) electrons. The number of carbonyl (C=O) groups excluding carboxylic acids is 1. The quantitative estimate of drug-likeness (QED) is 0.785. The first-order valence-electron chi connectivity index (χ1n) is 9.26. The van der Waals surface area contributed by atoms with Gasteiger partial charge in [-0.25, -0.2) is 0 Å². The van der Waals surface area contributed by atoms with Crippen molar-refractivity contribution >= 4 is 17.5 Å². The summed E-state index contributed by atoms with van der Waals surface area (Å²) >= 11 is 6.26. The Morgan fingerprint density at radius 2 is 1.96 bits per heavy atom. The van der Waals surface area contributed by atoms with Crippen LogP contribution < -0.4 is 10.1 Å². The van der Waals surface area contributed by atoms with Gasteiger partial charge in [0.25, 0.3) is 0 Å². The van der Waals surface area contributed by atoms with Crippen LogP contribution in [0.5, 0.6) is 5.75 Å². The van der Waals surface area contributed by atoms with E-state index < -0.39 is 0 Å². The van der Waals surface area contributed by atoms with Crippen molar-refractivity contribution in [1.82, 2.24) is 5.32 Å². The molecule has 1 heterocycles. The molecular formula is C20H28ClNO4. The summed E-state index contributed by atoms with van der Waals surface area (Å²) in [6.45, 7) is 1.87. The van der Waals surface area contributed by atoms with Crippen LogP contribution in [-0.2, 0) is 19.7 Å². The van der Waals surface area contributed by atoms with E-state index in [9.17, 15) is 4.79 Å². The Hall–Kier alpha value is -1.30. The van der Waals surface area contributed by atoms with E-state index in [1.165, 1.54) is 0 Å². The summed E-state index contributed by atoms with van der Waals surface area (Å²) in [6, 6.07) is 5.68. The molecule has 1 aromatic carbocycles. The van der Waals surface area contributed by atoms with Crippen LogP contribution in [0.25, 0.3) is 0 Å². The van der Waals surface area contributed by atoms with Crippen molar-refractivity contribution in [3.05, 3.63) is 28.8 Å². The number of benzene rings is 1. The van der Waals surface area contributed by atoms with Gasteiger partial charge in [0.05, 0.1) is 19.1 Å². The minimum Gasteiger partial charge on any atom is -0.496 e. The Bertz CT molecular complexity index is 633. The molecule has 2 aliphatic rings. The molecule has 0 spiro atoms. The van der Waals surface area contributed by atoms with Crippen molar-refractivity contribution in [3.63, 3.8) is 0 Å². The summed E-state index contributed by atoms with van der Waals surface area (Å²) in [5.41, 5.74) is 0.547. The number of ether oxygens (including phenoxy) is 3. The first-order valence-corrected chi connectivity index (χ1v) is 9.64.